The van der Waals surface area contributed by atoms with Crippen molar-refractivity contribution in [2.45, 2.75) is 31.6 Å². The molecule has 3 heteroatoms. The molecular formula is C14H18O3. The van der Waals surface area contributed by atoms with Gasteiger partial charge in [0.1, 0.15) is 5.78 Å². The van der Waals surface area contributed by atoms with E-state index in [2.05, 4.69) is 0 Å². The van der Waals surface area contributed by atoms with Gasteiger partial charge >= 0.3 is 0 Å². The van der Waals surface area contributed by atoms with Crippen LogP contribution in [0.5, 0.6) is 11.5 Å². The molecule has 0 saturated heterocycles. The van der Waals surface area contributed by atoms with Crippen molar-refractivity contribution in [2.75, 3.05) is 14.2 Å². The van der Waals surface area contributed by atoms with E-state index in [4.69, 9.17) is 9.47 Å². The third-order valence-electron chi connectivity index (χ3n) is 3.36. The summed E-state index contributed by atoms with van der Waals surface area (Å²) in [5, 5.41) is 0. The molecule has 2 rings (SSSR count). The summed E-state index contributed by atoms with van der Waals surface area (Å²) in [5.74, 6) is 1.70. The van der Waals surface area contributed by atoms with Crippen LogP contribution in [0, 0.1) is 0 Å². The Morgan fingerprint density at radius 2 is 2.00 bits per heavy atom. The van der Waals surface area contributed by atoms with Crippen molar-refractivity contribution in [2.24, 2.45) is 0 Å². The fraction of sp³-hybridized carbons (Fsp3) is 0.500. The molecule has 1 atom stereocenters. The van der Waals surface area contributed by atoms with Gasteiger partial charge in [0.25, 0.3) is 0 Å². The average Bonchev–Trinajstić information content (AvgIpc) is 2.38. The van der Waals surface area contributed by atoms with Crippen LogP contribution in [0.25, 0.3) is 0 Å². The highest BCUT2D eigenvalue weighted by atomic mass is 16.5. The second-order valence-corrected chi connectivity index (χ2v) is 4.35. The first-order valence-corrected chi connectivity index (χ1v) is 6.01. The van der Waals surface area contributed by atoms with E-state index in [-0.39, 0.29) is 5.92 Å². The Hall–Kier alpha value is -1.51. The Balaban J connectivity index is 2.39. The monoisotopic (exact) mass is 234 g/mol. The second kappa shape index (κ2) is 5.21. The first-order chi connectivity index (χ1) is 8.27. The van der Waals surface area contributed by atoms with Crippen molar-refractivity contribution >= 4 is 5.78 Å². The molecule has 17 heavy (non-hydrogen) atoms. The van der Waals surface area contributed by atoms with Crippen LogP contribution in [-0.4, -0.2) is 20.0 Å². The normalized spacial score (nSPS) is 20.1. The number of ether oxygens (including phenoxy) is 2. The number of methoxy groups -OCH3 is 2. The van der Waals surface area contributed by atoms with E-state index in [9.17, 15) is 4.79 Å². The summed E-state index contributed by atoms with van der Waals surface area (Å²) >= 11 is 0. The highest BCUT2D eigenvalue weighted by molar-refractivity contribution is 5.87. The van der Waals surface area contributed by atoms with Crippen molar-refractivity contribution in [3.05, 3.63) is 23.8 Å². The van der Waals surface area contributed by atoms with Crippen molar-refractivity contribution in [1.29, 1.82) is 0 Å². The number of carbonyl (C=O) groups is 1. The smallest absolute Gasteiger partial charge is 0.164 e. The Bertz CT molecular complexity index is 412. The topological polar surface area (TPSA) is 35.5 Å². The van der Waals surface area contributed by atoms with Crippen molar-refractivity contribution in [3.63, 3.8) is 0 Å². The summed E-state index contributed by atoms with van der Waals surface area (Å²) in [6.45, 7) is 0. The lowest BCUT2D eigenvalue weighted by Crippen LogP contribution is -2.17. The first kappa shape index (κ1) is 12.0. The predicted molar refractivity (Wildman–Crippen MR) is 65.8 cm³/mol. The van der Waals surface area contributed by atoms with E-state index in [0.717, 1.165) is 24.8 Å². The molecule has 1 aromatic carbocycles. The van der Waals surface area contributed by atoms with Crippen LogP contribution >= 0.6 is 0 Å². The van der Waals surface area contributed by atoms with E-state index in [1.807, 2.05) is 18.2 Å². The molecule has 1 fully saturated rings. The van der Waals surface area contributed by atoms with E-state index in [1.165, 1.54) is 0 Å². The van der Waals surface area contributed by atoms with Crippen molar-refractivity contribution in [3.8, 4) is 11.5 Å². The maximum atomic E-state index is 12.0. The van der Waals surface area contributed by atoms with Gasteiger partial charge in [-0.05, 0) is 18.9 Å². The molecule has 0 amide bonds. The number of benzene rings is 1. The third-order valence-corrected chi connectivity index (χ3v) is 3.36. The number of hydrogen-bond acceptors (Lipinski definition) is 3. The number of rotatable bonds is 3. The molecule has 1 aliphatic carbocycles. The van der Waals surface area contributed by atoms with Gasteiger partial charge in [0.15, 0.2) is 11.5 Å². The van der Waals surface area contributed by atoms with Crippen LogP contribution in [0.15, 0.2) is 18.2 Å². The molecule has 0 heterocycles. The van der Waals surface area contributed by atoms with Gasteiger partial charge in [-0.25, -0.2) is 0 Å². The lowest BCUT2D eigenvalue weighted by atomic mass is 9.82. The maximum absolute atomic E-state index is 12.0. The molecule has 0 aliphatic heterocycles. The van der Waals surface area contributed by atoms with Crippen LogP contribution in [0.1, 0.15) is 37.2 Å². The summed E-state index contributed by atoms with van der Waals surface area (Å²) in [6, 6.07) is 5.74. The predicted octanol–water partition coefficient (Wildman–Crippen LogP) is 2.93. The zero-order valence-electron chi connectivity index (χ0n) is 10.4. The Kier molecular flexibility index (Phi) is 3.67. The highest BCUT2D eigenvalue weighted by Gasteiger charge is 2.27. The van der Waals surface area contributed by atoms with Crippen LogP contribution in [0.4, 0.5) is 0 Å². The number of carbonyl (C=O) groups excluding carboxylic acids is 1. The van der Waals surface area contributed by atoms with Gasteiger partial charge in [-0.3, -0.25) is 4.79 Å². The Morgan fingerprint density at radius 1 is 1.18 bits per heavy atom. The van der Waals surface area contributed by atoms with Gasteiger partial charge < -0.3 is 9.47 Å². The minimum absolute atomic E-state index is 0.0196. The molecule has 1 saturated carbocycles. The van der Waals surface area contributed by atoms with E-state index >= 15 is 0 Å². The second-order valence-electron chi connectivity index (χ2n) is 4.35. The summed E-state index contributed by atoms with van der Waals surface area (Å²) in [6.07, 6.45) is 3.73. The lowest BCUT2D eigenvalue weighted by molar-refractivity contribution is -0.121. The van der Waals surface area contributed by atoms with Gasteiger partial charge in [0.05, 0.1) is 14.2 Å². The van der Waals surface area contributed by atoms with Crippen LogP contribution < -0.4 is 9.47 Å². The number of para-hydroxylation sites is 1. The molecule has 0 aromatic heterocycles. The van der Waals surface area contributed by atoms with E-state index in [1.54, 1.807) is 14.2 Å². The number of hydrogen-bond donors (Lipinski definition) is 0. The fourth-order valence-electron chi connectivity index (χ4n) is 2.50. The molecule has 92 valence electrons. The summed E-state index contributed by atoms with van der Waals surface area (Å²) in [5.41, 5.74) is 0.969. The van der Waals surface area contributed by atoms with Gasteiger partial charge in [-0.2, -0.15) is 0 Å². The zero-order valence-corrected chi connectivity index (χ0v) is 10.4. The molecule has 0 spiro atoms. The largest absolute Gasteiger partial charge is 0.493 e. The molecular weight excluding hydrogens is 216 g/mol. The summed E-state index contributed by atoms with van der Waals surface area (Å²) in [4.78, 5) is 12.0. The first-order valence-electron chi connectivity index (χ1n) is 6.01. The zero-order chi connectivity index (χ0) is 12.3. The molecule has 0 N–H and O–H groups in total. The van der Waals surface area contributed by atoms with Crippen molar-refractivity contribution in [1.82, 2.24) is 0 Å². The molecule has 3 nitrogen and oxygen atoms in total. The van der Waals surface area contributed by atoms with Gasteiger partial charge in [-0.1, -0.05) is 18.6 Å². The Labute approximate surface area is 102 Å². The van der Waals surface area contributed by atoms with Crippen LogP contribution in [0.2, 0.25) is 0 Å². The van der Waals surface area contributed by atoms with Gasteiger partial charge in [-0.15, -0.1) is 0 Å². The number of Topliss-reactive ketones (excluding diaryl/α,β-unsaturated/α-hetero) is 1. The minimum Gasteiger partial charge on any atom is -0.493 e. The molecule has 1 aliphatic rings. The standard InChI is InChI=1S/C14H18O3/c1-16-13-9-5-7-11(14(13)17-2)10-6-3-4-8-12(10)15/h5,7,9-10H,3-4,6,8H2,1-2H3. The maximum Gasteiger partial charge on any atom is 0.164 e. The van der Waals surface area contributed by atoms with Crippen LogP contribution in [0.3, 0.4) is 0 Å². The van der Waals surface area contributed by atoms with Gasteiger partial charge in [0.2, 0.25) is 0 Å². The van der Waals surface area contributed by atoms with Crippen molar-refractivity contribution < 1.29 is 14.3 Å². The highest BCUT2D eigenvalue weighted by Crippen LogP contribution is 2.40. The molecule has 0 radical (unpaired) electrons. The number of ketones is 1. The van der Waals surface area contributed by atoms with Crippen LogP contribution in [-0.2, 0) is 4.79 Å². The van der Waals surface area contributed by atoms with E-state index in [0.29, 0.717) is 23.7 Å². The average molecular weight is 234 g/mol. The quantitative estimate of drug-likeness (QED) is 0.806. The molecule has 1 unspecified atom stereocenters. The lowest BCUT2D eigenvalue weighted by Gasteiger charge is -2.23. The van der Waals surface area contributed by atoms with Gasteiger partial charge in [0, 0.05) is 17.9 Å². The molecule has 0 bridgehead atoms. The molecule has 1 aromatic rings. The minimum atomic E-state index is -0.0196. The summed E-state index contributed by atoms with van der Waals surface area (Å²) in [7, 11) is 3.24. The summed E-state index contributed by atoms with van der Waals surface area (Å²) < 4.78 is 10.7. The SMILES string of the molecule is COc1cccc(C2CCCCC2=O)c1OC. The third kappa shape index (κ3) is 2.28. The van der Waals surface area contributed by atoms with E-state index < -0.39 is 0 Å². The fourth-order valence-corrected chi connectivity index (χ4v) is 2.50. The Morgan fingerprint density at radius 3 is 2.65 bits per heavy atom.